The van der Waals surface area contributed by atoms with E-state index in [1.165, 1.54) is 52.5 Å². The number of aromatic nitrogens is 4. The number of amides is 4. The molecule has 109 heavy (non-hydrogen) atoms. The SMILES string of the molecule is CC.CC.CC.CC.CC.CC.CC.CC.CC(F)(F)F.CC(F)(F)F.Cn1c(=O)c2cc3c(=O)n(C)c(=O)c3cc2c1=O.Cn1c(=O)c2cc3c(=O)n(C)c(=O)c3cc2c1=O.O=C(c1ccccc1)N1CC2CC(C1)CN(C(=O)c1ccccc1)C2.O=C(c1ccccc1)N1CCN(C(=O)c2ccccc2)CC1. The van der Waals surface area contributed by atoms with Crippen molar-refractivity contribution in [3.8, 4) is 0 Å². The van der Waals surface area contributed by atoms with E-state index in [0.717, 1.165) is 62.0 Å². The lowest BCUT2D eigenvalue weighted by Crippen LogP contribution is -2.55. The van der Waals surface area contributed by atoms with Gasteiger partial charge in [0.1, 0.15) is 0 Å². The van der Waals surface area contributed by atoms with Gasteiger partial charge in [-0.3, -0.25) is 75.8 Å². The number of alkyl halides is 6. The number of nitrogens with zero attached hydrogens (tertiary/aromatic N) is 8. The minimum absolute atomic E-state index is 0.0346. The highest BCUT2D eigenvalue weighted by atomic mass is 19.4. The van der Waals surface area contributed by atoms with E-state index < -0.39 is 56.8 Å². The van der Waals surface area contributed by atoms with Crippen molar-refractivity contribution in [3.63, 3.8) is 0 Å². The summed E-state index contributed by atoms with van der Waals surface area (Å²) >= 11 is 0. The fourth-order valence-corrected chi connectivity index (χ4v) is 11.2. The molecule has 3 aliphatic heterocycles. The molecule has 2 bridgehead atoms. The summed E-state index contributed by atoms with van der Waals surface area (Å²) in [6.07, 6.45) is -6.89. The van der Waals surface area contributed by atoms with Gasteiger partial charge in [-0.15, -0.1) is 0 Å². The largest absolute Gasteiger partial charge is 0.386 e. The minimum Gasteiger partial charge on any atom is -0.338 e. The molecule has 20 nitrogen and oxygen atoms in total. The maximum Gasteiger partial charge on any atom is 0.386 e. The molecule has 0 unspecified atom stereocenters. The summed E-state index contributed by atoms with van der Waals surface area (Å²) in [4.78, 5) is 152. The van der Waals surface area contributed by atoms with Crippen LogP contribution < -0.4 is 44.5 Å². The quantitative estimate of drug-likeness (QED) is 0.150. The Balaban J connectivity index is 0.00000130. The molecule has 0 radical (unpaired) electrons. The highest BCUT2D eigenvalue weighted by molar-refractivity contribution is 6.00. The van der Waals surface area contributed by atoms with Crippen LogP contribution in [0.25, 0.3) is 43.1 Å². The molecule has 0 saturated carbocycles. The van der Waals surface area contributed by atoms with Gasteiger partial charge in [0.25, 0.3) is 68.1 Å². The van der Waals surface area contributed by atoms with E-state index in [2.05, 4.69) is 0 Å². The van der Waals surface area contributed by atoms with Crippen LogP contribution in [0.4, 0.5) is 26.3 Å². The molecule has 0 aliphatic carbocycles. The number of hydrogen-bond donors (Lipinski definition) is 0. The maximum absolute atomic E-state index is 12.7. The van der Waals surface area contributed by atoms with Crippen molar-refractivity contribution < 1.29 is 45.5 Å². The first kappa shape index (κ1) is 98.3. The van der Waals surface area contributed by atoms with Gasteiger partial charge in [0.2, 0.25) is 0 Å². The molecule has 4 aromatic heterocycles. The number of fused-ring (bicyclic) bond motifs is 6. The summed E-state index contributed by atoms with van der Waals surface area (Å²) in [5, 5.41) is 1.43. The molecule has 13 rings (SSSR count). The summed E-state index contributed by atoms with van der Waals surface area (Å²) in [5.41, 5.74) is -0.712. The van der Waals surface area contributed by atoms with Crippen LogP contribution in [-0.2, 0) is 28.2 Å². The normalized spacial score (nSPS) is 13.5. The van der Waals surface area contributed by atoms with Crippen LogP contribution in [0.15, 0.2) is 184 Å². The van der Waals surface area contributed by atoms with Gasteiger partial charge < -0.3 is 19.6 Å². The Hall–Kier alpha value is -10.7. The summed E-state index contributed by atoms with van der Waals surface area (Å²) in [7, 11) is 5.47. The second-order valence-electron chi connectivity index (χ2n) is 22.6. The molecular weight excluding hydrogens is 1410 g/mol. The van der Waals surface area contributed by atoms with Gasteiger partial charge in [0.15, 0.2) is 0 Å². The third kappa shape index (κ3) is 27.5. The number of likely N-dealkylation sites (tertiary alicyclic amines) is 2. The monoisotopic (exact) mass is 1520 g/mol. The van der Waals surface area contributed by atoms with E-state index in [4.69, 9.17) is 0 Å². The third-order valence-corrected chi connectivity index (χ3v) is 15.7. The number of benzene rings is 6. The Bertz CT molecular complexity index is 4210. The predicted molar refractivity (Wildman–Crippen MR) is 429 cm³/mol. The van der Waals surface area contributed by atoms with Gasteiger partial charge in [-0.05, 0) is 91.1 Å². The van der Waals surface area contributed by atoms with Gasteiger partial charge >= 0.3 is 12.4 Å². The van der Waals surface area contributed by atoms with Gasteiger partial charge in [-0.1, -0.05) is 184 Å². The molecule has 26 heteroatoms. The smallest absolute Gasteiger partial charge is 0.338 e. The topological polar surface area (TPSA) is 238 Å². The van der Waals surface area contributed by atoms with Gasteiger partial charge in [0, 0.05) is 117 Å². The summed E-state index contributed by atoms with van der Waals surface area (Å²) in [6, 6.07) is 42.8. The summed E-state index contributed by atoms with van der Waals surface area (Å²) < 4.78 is 66.0. The molecule has 3 saturated heterocycles. The van der Waals surface area contributed by atoms with E-state index in [-0.39, 0.29) is 80.6 Å². The van der Waals surface area contributed by atoms with Gasteiger partial charge in [-0.25, -0.2) is 0 Å². The number of piperidine rings is 2. The molecule has 0 atom stereocenters. The van der Waals surface area contributed by atoms with Crippen LogP contribution in [0.1, 0.15) is 172 Å². The van der Waals surface area contributed by atoms with Crippen molar-refractivity contribution in [1.29, 1.82) is 0 Å². The van der Waals surface area contributed by atoms with Crippen LogP contribution in [-0.4, -0.2) is 126 Å². The Morgan fingerprint density at radius 1 is 0.275 bits per heavy atom. The predicted octanol–water partition coefficient (Wildman–Crippen LogP) is 14.5. The second kappa shape index (κ2) is 48.6. The zero-order valence-electron chi connectivity index (χ0n) is 67.1. The van der Waals surface area contributed by atoms with Crippen LogP contribution in [0.5, 0.6) is 0 Å². The number of hydrogen-bond acceptors (Lipinski definition) is 12. The first-order valence-corrected chi connectivity index (χ1v) is 37.0. The van der Waals surface area contributed by atoms with E-state index in [9.17, 15) is 83.9 Å². The van der Waals surface area contributed by atoms with E-state index in [1.54, 1.807) is 0 Å². The lowest BCUT2D eigenvalue weighted by molar-refractivity contribution is -0.111. The lowest BCUT2D eigenvalue weighted by Gasteiger charge is -2.45. The minimum atomic E-state index is -4.00. The fraction of sp³-hybridized carbons (Fsp3) is 0.422. The Labute approximate surface area is 633 Å². The molecule has 0 N–H and O–H groups in total. The van der Waals surface area contributed by atoms with Crippen LogP contribution in [0.3, 0.4) is 0 Å². The Morgan fingerprint density at radius 3 is 0.560 bits per heavy atom. The third-order valence-electron chi connectivity index (χ3n) is 15.7. The first-order valence-electron chi connectivity index (χ1n) is 37.0. The number of carbonyl (C=O) groups is 4. The molecule has 6 aromatic carbocycles. The van der Waals surface area contributed by atoms with Crippen molar-refractivity contribution in [2.45, 2.75) is 143 Å². The average Bonchev–Trinajstić information content (AvgIpc) is 1.60. The van der Waals surface area contributed by atoms with E-state index in [1.807, 2.05) is 252 Å². The number of halogens is 6. The van der Waals surface area contributed by atoms with Crippen LogP contribution >= 0.6 is 0 Å². The zero-order valence-corrected chi connectivity index (χ0v) is 67.1. The molecule has 596 valence electrons. The van der Waals surface area contributed by atoms with Crippen molar-refractivity contribution >= 4 is 66.7 Å². The fourth-order valence-electron chi connectivity index (χ4n) is 11.2. The van der Waals surface area contributed by atoms with Crippen molar-refractivity contribution in [1.82, 2.24) is 37.9 Å². The first-order chi connectivity index (χ1) is 51.8. The second-order valence-corrected chi connectivity index (χ2v) is 22.6. The highest BCUT2D eigenvalue weighted by Crippen LogP contribution is 2.30. The number of piperazine rings is 1. The zero-order chi connectivity index (χ0) is 84.0. The van der Waals surface area contributed by atoms with E-state index in [0.29, 0.717) is 49.1 Å². The summed E-state index contributed by atoms with van der Waals surface area (Å²) in [6.45, 7) is 37.6. The van der Waals surface area contributed by atoms with Gasteiger partial charge in [-0.2, -0.15) is 26.3 Å². The molecule has 3 fully saturated rings. The standard InChI is InChI=1S/C21H22N2O2.C18H18N2O2.2C12H8N2O4.2C2H3F3.8C2H6/c24-20(18-7-3-1-4-8-18)22-12-16-11-17(13-22)15-23(14-16)21(25)19-9-5-2-6-10-19;21-17(15-7-3-1-4-8-15)19-11-13-20(14-12-19)18(22)16-9-5-2-6-10-16;2*1-13-9(15)5-3-7-8(4-6(5)10(13)16)12(18)14(2)11(7)17;2*1-2(3,4)5;8*1-2/h1-10,16-17H,11-15H2;1-10H,11-14H2;2*3-4H,1-2H3;2*1H3;8*1-2H3. The molecule has 10 aromatic rings. The maximum atomic E-state index is 12.7. The summed E-state index contributed by atoms with van der Waals surface area (Å²) in [5.74, 6) is 1.02. The average molecular weight is 1530 g/mol. The van der Waals surface area contributed by atoms with Gasteiger partial charge in [0.05, 0.1) is 43.1 Å². The highest BCUT2D eigenvalue weighted by Gasteiger charge is 2.38. The van der Waals surface area contributed by atoms with Crippen molar-refractivity contribution in [3.05, 3.63) is 251 Å². The number of rotatable bonds is 4. The molecule has 7 heterocycles. The van der Waals surface area contributed by atoms with Crippen LogP contribution in [0, 0.1) is 11.8 Å². The van der Waals surface area contributed by atoms with E-state index >= 15 is 0 Å². The number of carbonyl (C=O) groups excluding carboxylic acids is 4. The Morgan fingerprint density at radius 2 is 0.413 bits per heavy atom. The molecule has 4 amide bonds. The lowest BCUT2D eigenvalue weighted by atomic mass is 9.84. The van der Waals surface area contributed by atoms with Crippen molar-refractivity contribution in [2.24, 2.45) is 40.0 Å². The molecular formula is C83H110F6N8O12. The molecule has 0 spiro atoms. The van der Waals surface area contributed by atoms with Crippen LogP contribution in [0.2, 0.25) is 0 Å². The molecule has 3 aliphatic rings. The van der Waals surface area contributed by atoms with Crippen molar-refractivity contribution in [2.75, 3.05) is 52.4 Å². The Kier molecular flexibility index (Phi) is 43.8.